The molecule has 4 aromatic carbocycles. The summed E-state index contributed by atoms with van der Waals surface area (Å²) in [4.78, 5) is 21.1. The fourth-order valence-corrected chi connectivity index (χ4v) is 7.22. The van der Waals surface area contributed by atoms with Gasteiger partial charge >= 0.3 is 0 Å². The molecule has 0 aromatic heterocycles. The number of rotatable bonds is 6. The topological polar surface area (TPSA) is 37.7 Å². The highest BCUT2D eigenvalue weighted by molar-refractivity contribution is 6.02. The van der Waals surface area contributed by atoms with Crippen molar-refractivity contribution >= 4 is 44.9 Å². The average molecular weight is 507 g/mol. The number of anilines is 4. The number of nitrogens with zero attached hydrogens (tertiary/aromatic N) is 6. The molecule has 4 aromatic rings. The van der Waals surface area contributed by atoms with Crippen LogP contribution in [0.1, 0.15) is 51.4 Å². The van der Waals surface area contributed by atoms with Crippen molar-refractivity contribution in [1.29, 1.82) is 0 Å². The van der Waals surface area contributed by atoms with Gasteiger partial charge in [0.05, 0.1) is 34.1 Å². The molecule has 0 bridgehead atoms. The second-order valence-electron chi connectivity index (χ2n) is 11.7. The molecule has 38 heavy (non-hydrogen) atoms. The fraction of sp³-hybridized carbons (Fsp3) is 0.500. The summed E-state index contributed by atoms with van der Waals surface area (Å²) in [7, 11) is 0. The van der Waals surface area contributed by atoms with Crippen LogP contribution in [0.3, 0.4) is 0 Å². The van der Waals surface area contributed by atoms with Crippen LogP contribution < -0.4 is 30.3 Å². The Kier molecular flexibility index (Phi) is 5.48. The molecule has 4 aliphatic rings. The van der Waals surface area contributed by atoms with E-state index in [1.807, 2.05) is 0 Å². The predicted octanol–water partition coefficient (Wildman–Crippen LogP) is 5.46. The van der Waals surface area contributed by atoms with Gasteiger partial charge in [-0.3, -0.25) is 0 Å². The Hall–Kier alpha value is -3.28. The number of benzene rings is 2. The summed E-state index contributed by atoms with van der Waals surface area (Å²) < 4.78 is 0. The zero-order chi connectivity index (χ0) is 25.1. The van der Waals surface area contributed by atoms with Gasteiger partial charge in [-0.15, -0.1) is 0 Å². The van der Waals surface area contributed by atoms with Gasteiger partial charge in [-0.1, -0.05) is 24.3 Å². The van der Waals surface area contributed by atoms with Crippen molar-refractivity contribution in [2.24, 2.45) is 9.98 Å². The van der Waals surface area contributed by atoms with E-state index in [0.29, 0.717) is 0 Å². The minimum Gasteiger partial charge on any atom is -0.368 e. The first-order valence-corrected chi connectivity index (χ1v) is 15.1. The van der Waals surface area contributed by atoms with Crippen LogP contribution in [-0.4, -0.2) is 52.4 Å². The molecule has 0 atom stereocenters. The standard InChI is InChI=1S/C32H38N6/c1-2-16-35(15-1)29-27(30(29)36-17-3-4-18-36)33-24-13-9-11-23-12-10-14-25(26(23)24)34-28-31(37-19-5-6-20-37)32(28)38-21-7-8-22-38/h9-14H,1-8,15-22H2. The van der Waals surface area contributed by atoms with Gasteiger partial charge in [-0.2, -0.15) is 0 Å². The van der Waals surface area contributed by atoms with E-state index in [1.54, 1.807) is 0 Å². The number of fused-ring (bicyclic) bond motifs is 1. The maximum Gasteiger partial charge on any atom is 0.115 e. The number of hydrogen-bond donors (Lipinski definition) is 0. The highest BCUT2D eigenvalue weighted by Crippen LogP contribution is 2.42. The zero-order valence-corrected chi connectivity index (χ0v) is 22.5. The second kappa shape index (κ2) is 9.18. The Balaban J connectivity index is 1.24. The molecular weight excluding hydrogens is 468 g/mol. The molecule has 4 heterocycles. The Morgan fingerprint density at radius 1 is 0.421 bits per heavy atom. The minimum atomic E-state index is 1.06. The van der Waals surface area contributed by atoms with E-state index >= 15 is 0 Å². The van der Waals surface area contributed by atoms with E-state index in [-0.39, 0.29) is 0 Å². The predicted molar refractivity (Wildman–Crippen MR) is 158 cm³/mol. The van der Waals surface area contributed by atoms with Gasteiger partial charge < -0.3 is 19.6 Å². The highest BCUT2D eigenvalue weighted by Gasteiger charge is 2.34. The summed E-state index contributed by atoms with van der Waals surface area (Å²) >= 11 is 0. The van der Waals surface area contributed by atoms with Gasteiger partial charge in [0.15, 0.2) is 0 Å². The van der Waals surface area contributed by atoms with E-state index in [1.165, 1.54) is 148 Å². The molecule has 4 fully saturated rings. The van der Waals surface area contributed by atoms with Crippen molar-refractivity contribution in [1.82, 2.24) is 0 Å². The lowest BCUT2D eigenvalue weighted by atomic mass is 10.1. The zero-order valence-electron chi connectivity index (χ0n) is 22.5. The van der Waals surface area contributed by atoms with Crippen LogP contribution in [-0.2, 0) is 0 Å². The lowest BCUT2D eigenvalue weighted by molar-refractivity contribution is 0.949. The first-order valence-electron chi connectivity index (χ1n) is 15.1. The van der Waals surface area contributed by atoms with Crippen LogP contribution in [0, 0.1) is 0 Å². The molecule has 4 aliphatic heterocycles. The van der Waals surface area contributed by atoms with Crippen molar-refractivity contribution in [3.8, 4) is 0 Å². The maximum absolute atomic E-state index is 5.39. The largest absolute Gasteiger partial charge is 0.368 e. The molecular formula is C32H38N6. The molecule has 8 rings (SSSR count). The molecule has 4 saturated heterocycles. The van der Waals surface area contributed by atoms with Crippen molar-refractivity contribution < 1.29 is 0 Å². The minimum absolute atomic E-state index is 1.06. The van der Waals surface area contributed by atoms with Crippen LogP contribution in [0.2, 0.25) is 0 Å². The third kappa shape index (κ3) is 3.83. The van der Waals surface area contributed by atoms with Crippen LogP contribution >= 0.6 is 0 Å². The van der Waals surface area contributed by atoms with E-state index in [2.05, 4.69) is 56.0 Å². The van der Waals surface area contributed by atoms with Crippen LogP contribution in [0.4, 0.5) is 34.1 Å². The van der Waals surface area contributed by atoms with Crippen molar-refractivity contribution in [2.75, 3.05) is 72.0 Å². The van der Waals surface area contributed by atoms with E-state index in [4.69, 9.17) is 9.98 Å². The summed E-state index contributed by atoms with van der Waals surface area (Å²) in [6.45, 7) is 9.37. The third-order valence-corrected chi connectivity index (χ3v) is 9.24. The molecule has 0 N–H and O–H groups in total. The Labute approximate surface area is 225 Å². The van der Waals surface area contributed by atoms with E-state index in [0.717, 1.165) is 11.4 Å². The van der Waals surface area contributed by atoms with Crippen molar-refractivity contribution in [3.63, 3.8) is 0 Å². The lowest BCUT2D eigenvalue weighted by Gasteiger charge is -2.15. The van der Waals surface area contributed by atoms with Gasteiger partial charge in [0, 0.05) is 57.7 Å². The Morgan fingerprint density at radius 2 is 0.737 bits per heavy atom. The molecule has 0 saturated carbocycles. The SMILES string of the molecule is c1cc(N=c2c(N3CCCC3)c2N2CCCC2)c2c(N=c3c(N4CCCC4)c3N3CCCC3)cccc2c1. The quantitative estimate of drug-likeness (QED) is 0.348. The van der Waals surface area contributed by atoms with Crippen LogP contribution in [0.15, 0.2) is 46.4 Å². The van der Waals surface area contributed by atoms with Crippen molar-refractivity contribution in [3.05, 3.63) is 47.1 Å². The molecule has 196 valence electrons. The summed E-state index contributed by atoms with van der Waals surface area (Å²) in [6, 6.07) is 13.1. The van der Waals surface area contributed by atoms with Gasteiger partial charge in [0.2, 0.25) is 0 Å². The van der Waals surface area contributed by atoms with E-state index < -0.39 is 0 Å². The smallest absolute Gasteiger partial charge is 0.115 e. The Morgan fingerprint density at radius 3 is 1.05 bits per heavy atom. The second-order valence-corrected chi connectivity index (χ2v) is 11.7. The Bertz CT molecular complexity index is 1330. The molecule has 0 radical (unpaired) electrons. The lowest BCUT2D eigenvalue weighted by Crippen LogP contribution is -2.18. The first kappa shape index (κ1) is 22.7. The highest BCUT2D eigenvalue weighted by atomic mass is 15.3. The molecule has 0 amide bonds. The fourth-order valence-electron chi connectivity index (χ4n) is 7.22. The monoisotopic (exact) mass is 506 g/mol. The van der Waals surface area contributed by atoms with Crippen LogP contribution in [0.5, 0.6) is 0 Å². The third-order valence-electron chi connectivity index (χ3n) is 9.24. The average Bonchev–Trinajstić information content (AvgIpc) is 3.51. The molecule has 0 unspecified atom stereocenters. The van der Waals surface area contributed by atoms with Gasteiger partial charge in [-0.25, -0.2) is 9.98 Å². The first-order chi connectivity index (χ1) is 18.9. The van der Waals surface area contributed by atoms with Gasteiger partial charge in [0.1, 0.15) is 10.7 Å². The van der Waals surface area contributed by atoms with E-state index in [9.17, 15) is 0 Å². The normalized spacial score (nSPS) is 20.3. The van der Waals surface area contributed by atoms with Gasteiger partial charge in [-0.05, 0) is 68.9 Å². The summed E-state index contributed by atoms with van der Waals surface area (Å²) in [5.74, 6) is 0. The summed E-state index contributed by atoms with van der Waals surface area (Å²) in [5, 5.41) is 4.87. The molecule has 6 nitrogen and oxygen atoms in total. The van der Waals surface area contributed by atoms with Crippen LogP contribution in [0.25, 0.3) is 10.8 Å². The number of hydrogen-bond acceptors (Lipinski definition) is 6. The summed E-state index contributed by atoms with van der Waals surface area (Å²) in [6.07, 6.45) is 10.4. The van der Waals surface area contributed by atoms with Gasteiger partial charge in [0.25, 0.3) is 0 Å². The van der Waals surface area contributed by atoms with Crippen molar-refractivity contribution in [2.45, 2.75) is 51.4 Å². The molecule has 6 heteroatoms. The molecule has 0 aliphatic carbocycles. The summed E-state index contributed by atoms with van der Waals surface area (Å²) in [5.41, 5.74) is 7.80. The molecule has 0 spiro atoms. The maximum atomic E-state index is 5.39.